The van der Waals surface area contributed by atoms with Gasteiger partial charge in [-0.15, -0.1) is 11.8 Å². The second kappa shape index (κ2) is 54.1. The monoisotopic (exact) mass is 1550 g/mol. The molecule has 0 amide bonds. The van der Waals surface area contributed by atoms with Crippen LogP contribution in [0.25, 0.3) is 0 Å². The molecule has 0 fully saturated rings. The van der Waals surface area contributed by atoms with Crippen LogP contribution in [0.2, 0.25) is 0 Å². The molecule has 620 valence electrons. The van der Waals surface area contributed by atoms with Gasteiger partial charge in [0.15, 0.2) is 23.0 Å². The molecule has 0 saturated carbocycles. The summed E-state index contributed by atoms with van der Waals surface area (Å²) in [5.41, 5.74) is 16.2. The van der Waals surface area contributed by atoms with E-state index in [0.29, 0.717) is 36.3 Å². The Kier molecular flexibility index (Phi) is 49.8. The molecule has 0 aliphatic heterocycles. The summed E-state index contributed by atoms with van der Waals surface area (Å²) in [5, 5.41) is 62.1. The molecule has 12 unspecified atom stereocenters. The lowest BCUT2D eigenvalue weighted by Crippen LogP contribution is -2.40. The standard InChI is InChI=1S/C24H38O4.C24H38O3S.2C23H36O4/c2*1-16(2)10-8-11-17(3)12-9-13-18(4)14-15-20-19(5)21(25)23(27-6)24(28-7)22(20)26;1-15(2)9-7-10-16(3)11-8-12-17(4)13-14-19-18(5)20(24)23(27-6)22(26)21(19)25;1-15(2)9-7-10-16(3)11-8-12-17(4)13-14-19-18(5)20(24)22(26)23(27-6)21(19)25/h2*10,12,14,19-20,22,26H,8-9,11,13,15H2,1-7H3;9,11,13,18-19,21,24-25H,7-8,10,12,14H2,1-6H3;9,11,13,18-19,21,25-26H,7-8,10,12,14H2,1-6H3/b2*17-12+,18-14+;2*16-11+,17-13+. The lowest BCUT2D eigenvalue weighted by atomic mass is 9.77. The molecule has 110 heavy (non-hydrogen) atoms. The van der Waals surface area contributed by atoms with Gasteiger partial charge in [0, 0.05) is 47.3 Å². The van der Waals surface area contributed by atoms with Crippen LogP contribution in [0.1, 0.15) is 267 Å². The van der Waals surface area contributed by atoms with Gasteiger partial charge in [-0.3, -0.25) is 19.2 Å². The predicted molar refractivity (Wildman–Crippen MR) is 457 cm³/mol. The summed E-state index contributed by atoms with van der Waals surface area (Å²) in [6.07, 6.45) is 44.4. The fourth-order valence-corrected chi connectivity index (χ4v) is 14.6. The summed E-state index contributed by atoms with van der Waals surface area (Å²) >= 11 is 1.41. The van der Waals surface area contributed by atoms with E-state index in [0.717, 1.165) is 103 Å². The number of aliphatic hydroxyl groups is 6. The maximum Gasteiger partial charge on any atom is 0.229 e. The zero-order valence-corrected chi connectivity index (χ0v) is 73.6. The van der Waals surface area contributed by atoms with Gasteiger partial charge in [-0.2, -0.15) is 0 Å². The van der Waals surface area contributed by atoms with Gasteiger partial charge in [-0.1, -0.05) is 167 Å². The Bertz CT molecular complexity index is 3360. The third-order valence-electron chi connectivity index (χ3n) is 21.5. The van der Waals surface area contributed by atoms with Crippen LogP contribution in [-0.4, -0.2) is 120 Å². The molecule has 0 heterocycles. The molecule has 4 aliphatic carbocycles. The Labute approximate surface area is 670 Å². The molecule has 6 N–H and O–H groups in total. The van der Waals surface area contributed by atoms with Crippen LogP contribution in [0.15, 0.2) is 185 Å². The Morgan fingerprint density at radius 3 is 0.845 bits per heavy atom. The Hall–Kier alpha value is -6.69. The fraction of sp³-hybridized carbons (Fsp3) is 0.617. The smallest absolute Gasteiger partial charge is 0.229 e. The molecule has 4 aliphatic rings. The highest BCUT2D eigenvalue weighted by Crippen LogP contribution is 2.41. The number of carbonyl (C=O) groups excluding carboxylic acids is 4. The van der Waals surface area contributed by atoms with E-state index in [4.69, 9.17) is 23.7 Å². The van der Waals surface area contributed by atoms with Crippen LogP contribution in [0.5, 0.6) is 0 Å². The van der Waals surface area contributed by atoms with Crippen molar-refractivity contribution in [2.45, 2.75) is 291 Å². The van der Waals surface area contributed by atoms with E-state index in [1.54, 1.807) is 6.92 Å². The van der Waals surface area contributed by atoms with Crippen molar-refractivity contribution in [3.8, 4) is 0 Å². The van der Waals surface area contributed by atoms with Gasteiger partial charge in [-0.25, -0.2) is 0 Å². The minimum absolute atomic E-state index is 0.00290. The Morgan fingerprint density at radius 2 is 0.564 bits per heavy atom. The second-order valence-corrected chi connectivity index (χ2v) is 32.7. The molecule has 0 radical (unpaired) electrons. The molecule has 0 aromatic rings. The van der Waals surface area contributed by atoms with E-state index in [1.165, 1.54) is 114 Å². The van der Waals surface area contributed by atoms with Gasteiger partial charge in [-0.05, 0) is 245 Å². The zero-order chi connectivity index (χ0) is 83.7. The number of methoxy groups -OCH3 is 5. The van der Waals surface area contributed by atoms with Gasteiger partial charge in [0.2, 0.25) is 34.7 Å². The molecular weight excluding hydrogens is 1400 g/mol. The third-order valence-corrected chi connectivity index (χ3v) is 22.3. The molecule has 4 rings (SSSR count). The van der Waals surface area contributed by atoms with E-state index in [9.17, 15) is 49.8 Å². The average molecular weight is 1550 g/mol. The van der Waals surface area contributed by atoms with Gasteiger partial charge in [0.05, 0.1) is 46.6 Å². The van der Waals surface area contributed by atoms with E-state index in [2.05, 4.69) is 184 Å². The molecule has 0 saturated heterocycles. The highest BCUT2D eigenvalue weighted by atomic mass is 32.2. The van der Waals surface area contributed by atoms with Crippen molar-refractivity contribution in [3.05, 3.63) is 185 Å². The van der Waals surface area contributed by atoms with Crippen molar-refractivity contribution in [1.82, 2.24) is 0 Å². The fourth-order valence-electron chi connectivity index (χ4n) is 13.8. The first-order chi connectivity index (χ1) is 51.8. The minimum Gasteiger partial charge on any atom is -0.508 e. The molecule has 16 heteroatoms. The first-order valence-corrected chi connectivity index (χ1v) is 41.3. The predicted octanol–water partition coefficient (Wildman–Crippen LogP) is 22.5. The van der Waals surface area contributed by atoms with Crippen LogP contribution in [0, 0.1) is 47.3 Å². The largest absolute Gasteiger partial charge is 0.508 e. The minimum atomic E-state index is -1.13. The number of hydrogen-bond acceptors (Lipinski definition) is 16. The van der Waals surface area contributed by atoms with E-state index >= 15 is 0 Å². The highest BCUT2D eigenvalue weighted by Gasteiger charge is 2.45. The van der Waals surface area contributed by atoms with Crippen molar-refractivity contribution in [2.75, 3.05) is 41.8 Å². The van der Waals surface area contributed by atoms with Crippen LogP contribution >= 0.6 is 11.8 Å². The first-order valence-electron chi connectivity index (χ1n) is 40.1. The second-order valence-electron chi connectivity index (χ2n) is 31.9. The van der Waals surface area contributed by atoms with Gasteiger partial charge < -0.3 is 54.3 Å². The zero-order valence-electron chi connectivity index (χ0n) is 72.8. The summed E-state index contributed by atoms with van der Waals surface area (Å²) in [6, 6.07) is 0. The normalized spacial score (nSPS) is 24.0. The van der Waals surface area contributed by atoms with Gasteiger partial charge in [0.1, 0.15) is 24.1 Å². The number of Topliss-reactive ketones (excluding diaryl/α,β-unsaturated/α-hetero) is 4. The van der Waals surface area contributed by atoms with Gasteiger partial charge in [0.25, 0.3) is 0 Å². The third kappa shape index (κ3) is 35.6. The van der Waals surface area contributed by atoms with Crippen molar-refractivity contribution in [2.24, 2.45) is 47.3 Å². The SMILES string of the molecule is COC1=C(O)C(=O)C(C)C(C/C=C(\C)CC/C=C(\C)CCC=C(C)C)C1O.COC1=C(O)C(C)C(C/C=C(\C)CC/C=C(\C)CCC=C(C)C)C(O)C1=O.COC1=C(OC)C(O)C(C/C=C(\C)CC/C=C(\C)CCC=C(C)C)C(C)C1=O.COC1=C(SC)C(O)C(C/C=C(\C)CC/C=C(\C)CCC=C(C)C)C(C)C1=O. The number of ether oxygens (including phenoxy) is 5. The summed E-state index contributed by atoms with van der Waals surface area (Å²) < 4.78 is 25.6. The lowest BCUT2D eigenvalue weighted by molar-refractivity contribution is -0.132. The molecule has 15 nitrogen and oxygen atoms in total. The summed E-state index contributed by atoms with van der Waals surface area (Å²) in [6.45, 7) is 41.5. The molecule has 0 spiro atoms. The number of aliphatic hydroxyl groups excluding tert-OH is 6. The van der Waals surface area contributed by atoms with E-state index in [-0.39, 0.29) is 87.6 Å². The van der Waals surface area contributed by atoms with Crippen molar-refractivity contribution in [3.63, 3.8) is 0 Å². The average Bonchev–Trinajstić information content (AvgIpc) is 0.808. The topological polar surface area (TPSA) is 236 Å². The number of allylic oxidation sites excluding steroid dienone is 28. The summed E-state index contributed by atoms with van der Waals surface area (Å²) in [7, 11) is 7.10. The van der Waals surface area contributed by atoms with Crippen molar-refractivity contribution < 1.29 is 73.5 Å². The van der Waals surface area contributed by atoms with E-state index < -0.39 is 41.9 Å². The molecule has 0 aromatic heterocycles. The maximum absolute atomic E-state index is 12.6. The summed E-state index contributed by atoms with van der Waals surface area (Å²) in [5.74, 6) is -3.05. The number of ketones is 4. The number of thioether (sulfide) groups is 1. The van der Waals surface area contributed by atoms with Crippen molar-refractivity contribution in [1.29, 1.82) is 0 Å². The van der Waals surface area contributed by atoms with E-state index in [1.807, 2.05) is 27.0 Å². The summed E-state index contributed by atoms with van der Waals surface area (Å²) in [4.78, 5) is 50.0. The molecule has 0 aromatic carbocycles. The van der Waals surface area contributed by atoms with Crippen LogP contribution in [-0.2, 0) is 42.9 Å². The highest BCUT2D eigenvalue weighted by molar-refractivity contribution is 8.02. The lowest BCUT2D eigenvalue weighted by Gasteiger charge is -2.34. The maximum atomic E-state index is 12.6. The first kappa shape index (κ1) is 101. The molecule has 12 atom stereocenters. The van der Waals surface area contributed by atoms with Crippen LogP contribution in [0.4, 0.5) is 0 Å². The molecular formula is C94H148O15S. The van der Waals surface area contributed by atoms with Crippen LogP contribution in [0.3, 0.4) is 0 Å². The van der Waals surface area contributed by atoms with Gasteiger partial charge >= 0.3 is 0 Å². The quantitative estimate of drug-likeness (QED) is 0.0315. The Balaban J connectivity index is 0.000000733. The van der Waals surface area contributed by atoms with Crippen LogP contribution < -0.4 is 0 Å². The number of rotatable bonds is 38. The number of carbonyl (C=O) groups is 4. The Morgan fingerprint density at radius 1 is 0.309 bits per heavy atom. The van der Waals surface area contributed by atoms with Crippen molar-refractivity contribution >= 4 is 34.9 Å². The molecule has 0 bridgehead atoms. The number of hydrogen-bond donors (Lipinski definition) is 6.